The molecule has 1 unspecified atom stereocenters. The second-order valence-electron chi connectivity index (χ2n) is 6.76. The van der Waals surface area contributed by atoms with Gasteiger partial charge in [-0.3, -0.25) is 14.8 Å². The van der Waals surface area contributed by atoms with Gasteiger partial charge in [0.1, 0.15) is 4.53 Å². The average molecular weight is 497 g/mol. The van der Waals surface area contributed by atoms with Crippen molar-refractivity contribution in [3.8, 4) is 11.4 Å². The highest BCUT2D eigenvalue weighted by atomic mass is 79.9. The maximum atomic E-state index is 12.8. The van der Waals surface area contributed by atoms with Crippen molar-refractivity contribution in [2.24, 2.45) is 5.10 Å². The number of thiazole rings is 1. The van der Waals surface area contributed by atoms with Gasteiger partial charge in [-0.2, -0.15) is 14.6 Å². The molecule has 1 aromatic carbocycles. The van der Waals surface area contributed by atoms with Crippen LogP contribution < -0.4 is 10.1 Å². The van der Waals surface area contributed by atoms with Crippen LogP contribution in [0.5, 0.6) is 0 Å². The van der Waals surface area contributed by atoms with Crippen LogP contribution in [-0.4, -0.2) is 47.4 Å². The van der Waals surface area contributed by atoms with Crippen LogP contribution in [0.4, 0.5) is 0 Å². The number of pyridine rings is 1. The summed E-state index contributed by atoms with van der Waals surface area (Å²) in [6.07, 6.45) is 4.94. The van der Waals surface area contributed by atoms with Crippen LogP contribution in [-0.2, 0) is 4.79 Å². The van der Waals surface area contributed by atoms with Crippen LogP contribution in [0, 0.1) is 0 Å². The molecule has 0 saturated carbocycles. The molecule has 1 atom stereocenters. The van der Waals surface area contributed by atoms with Gasteiger partial charge in [0.05, 0.1) is 5.71 Å². The highest BCUT2D eigenvalue weighted by Gasteiger charge is 2.32. The Kier molecular flexibility index (Phi) is 4.83. The lowest BCUT2D eigenvalue weighted by atomic mass is 10.0. The molecule has 11 heteroatoms. The number of benzene rings is 1. The van der Waals surface area contributed by atoms with E-state index in [1.165, 1.54) is 15.7 Å². The minimum Gasteiger partial charge on any atom is -0.480 e. The summed E-state index contributed by atoms with van der Waals surface area (Å²) >= 11 is 4.52. The van der Waals surface area contributed by atoms with E-state index in [0.717, 1.165) is 26.9 Å². The number of hydrogen-bond donors (Lipinski definition) is 1. The number of hydrogen-bond acceptors (Lipinski definition) is 8. The molecule has 4 heterocycles. The van der Waals surface area contributed by atoms with E-state index in [-0.39, 0.29) is 12.0 Å². The summed E-state index contributed by atoms with van der Waals surface area (Å²) in [4.78, 5) is 33.4. The van der Waals surface area contributed by atoms with Crippen molar-refractivity contribution >= 4 is 50.1 Å². The summed E-state index contributed by atoms with van der Waals surface area (Å²) in [7, 11) is 0. The lowest BCUT2D eigenvalue weighted by Crippen LogP contribution is -2.34. The van der Waals surface area contributed by atoms with Crippen molar-refractivity contribution in [2.75, 3.05) is 0 Å². The summed E-state index contributed by atoms with van der Waals surface area (Å²) in [5.41, 5.74) is 1.86. The number of carbonyl (C=O) groups is 1. The van der Waals surface area contributed by atoms with Gasteiger partial charge in [0.15, 0.2) is 11.9 Å². The highest BCUT2D eigenvalue weighted by molar-refractivity contribution is 9.10. The molecule has 1 aliphatic heterocycles. The number of aliphatic carboxylic acids is 1. The smallest absolute Gasteiger partial charge is 0.328 e. The van der Waals surface area contributed by atoms with Crippen molar-refractivity contribution in [1.29, 1.82) is 0 Å². The zero-order chi connectivity index (χ0) is 21.5. The monoisotopic (exact) mass is 496 g/mol. The normalized spacial score (nSPS) is 16.8. The number of carboxylic acid groups (broad SMARTS) is 1. The fourth-order valence-corrected chi connectivity index (χ4v) is 4.37. The number of nitrogens with zero attached hydrogens (tertiary/aromatic N) is 6. The molecule has 0 radical (unpaired) electrons. The molecule has 3 aromatic heterocycles. The van der Waals surface area contributed by atoms with Gasteiger partial charge in [-0.15, -0.1) is 5.10 Å². The second-order valence-corrected chi connectivity index (χ2v) is 8.68. The zero-order valence-corrected chi connectivity index (χ0v) is 18.1. The molecule has 0 aliphatic carbocycles. The molecule has 1 N–H and O–H groups in total. The van der Waals surface area contributed by atoms with E-state index in [4.69, 9.17) is 0 Å². The Morgan fingerprint density at radius 3 is 2.58 bits per heavy atom. The Morgan fingerprint density at radius 2 is 1.90 bits per heavy atom. The third-order valence-corrected chi connectivity index (χ3v) is 6.25. The first-order chi connectivity index (χ1) is 15.0. The standard InChI is InChI=1S/C20H13BrN6O3S/c21-13-3-1-11(2-4-13)14-9-15(19(29)30)26(24-14)10-16-18(28)27-20(31-16)23-17(25-27)12-5-7-22-8-6-12/h1-8,10,15H,9H2,(H,29,30)/b16-10-. The Bertz CT molecular complexity index is 1430. The van der Waals surface area contributed by atoms with Gasteiger partial charge in [-0.1, -0.05) is 39.4 Å². The lowest BCUT2D eigenvalue weighted by Gasteiger charge is -2.14. The summed E-state index contributed by atoms with van der Waals surface area (Å²) in [6.45, 7) is 0. The van der Waals surface area contributed by atoms with E-state index in [0.29, 0.717) is 21.0 Å². The third-order valence-electron chi connectivity index (χ3n) is 4.77. The van der Waals surface area contributed by atoms with Crippen LogP contribution in [0.1, 0.15) is 12.0 Å². The zero-order valence-electron chi connectivity index (χ0n) is 15.7. The molecule has 0 fully saturated rings. The van der Waals surface area contributed by atoms with E-state index >= 15 is 0 Å². The van der Waals surface area contributed by atoms with Crippen LogP contribution in [0.2, 0.25) is 0 Å². The highest BCUT2D eigenvalue weighted by Crippen LogP contribution is 2.22. The molecule has 154 valence electrons. The third kappa shape index (κ3) is 3.62. The number of rotatable bonds is 4. The summed E-state index contributed by atoms with van der Waals surface area (Å²) in [5.74, 6) is -0.587. The molecule has 5 rings (SSSR count). The van der Waals surface area contributed by atoms with Gasteiger partial charge in [0, 0.05) is 35.1 Å². The van der Waals surface area contributed by atoms with Crippen molar-refractivity contribution in [1.82, 2.24) is 24.6 Å². The number of fused-ring (bicyclic) bond motifs is 1. The maximum absolute atomic E-state index is 12.8. The Morgan fingerprint density at radius 1 is 1.16 bits per heavy atom. The number of aromatic nitrogens is 4. The maximum Gasteiger partial charge on any atom is 0.328 e. The minimum absolute atomic E-state index is 0.231. The van der Waals surface area contributed by atoms with Gasteiger partial charge in [0.25, 0.3) is 5.56 Å². The number of carboxylic acids is 1. The van der Waals surface area contributed by atoms with Crippen molar-refractivity contribution < 1.29 is 9.90 Å². The van der Waals surface area contributed by atoms with E-state index in [2.05, 4.69) is 36.1 Å². The van der Waals surface area contributed by atoms with E-state index in [1.54, 1.807) is 24.5 Å². The predicted molar refractivity (Wildman–Crippen MR) is 119 cm³/mol. The Balaban J connectivity index is 1.54. The van der Waals surface area contributed by atoms with Crippen molar-refractivity contribution in [3.05, 3.63) is 73.7 Å². The first-order valence-corrected chi connectivity index (χ1v) is 10.8. The van der Waals surface area contributed by atoms with Crippen LogP contribution in [0.25, 0.3) is 22.5 Å². The van der Waals surface area contributed by atoms with Gasteiger partial charge in [-0.05, 0) is 29.8 Å². The first-order valence-electron chi connectivity index (χ1n) is 9.16. The Labute approximate surface area is 187 Å². The van der Waals surface area contributed by atoms with Crippen LogP contribution >= 0.6 is 27.3 Å². The molecular weight excluding hydrogens is 484 g/mol. The summed E-state index contributed by atoms with van der Waals surface area (Å²) in [6, 6.07) is 10.1. The van der Waals surface area contributed by atoms with E-state index in [1.807, 2.05) is 24.3 Å². The average Bonchev–Trinajstić information content (AvgIpc) is 3.45. The molecule has 9 nitrogen and oxygen atoms in total. The summed E-state index contributed by atoms with van der Waals surface area (Å²) in [5, 5.41) is 19.7. The number of hydrazone groups is 1. The second kappa shape index (κ2) is 7.67. The number of halogens is 1. The lowest BCUT2D eigenvalue weighted by molar-refractivity contribution is -0.141. The predicted octanol–water partition coefficient (Wildman–Crippen LogP) is 2.00. The quantitative estimate of drug-likeness (QED) is 0.459. The molecule has 4 aromatic rings. The van der Waals surface area contributed by atoms with Gasteiger partial charge in [0.2, 0.25) is 4.96 Å². The van der Waals surface area contributed by atoms with E-state index < -0.39 is 12.0 Å². The molecular formula is C20H13BrN6O3S. The van der Waals surface area contributed by atoms with E-state index in [9.17, 15) is 14.7 Å². The molecule has 1 aliphatic rings. The molecule has 0 saturated heterocycles. The fourth-order valence-electron chi connectivity index (χ4n) is 3.23. The molecule has 31 heavy (non-hydrogen) atoms. The fraction of sp³-hybridized carbons (Fsp3) is 0.100. The topological polar surface area (TPSA) is 113 Å². The largest absolute Gasteiger partial charge is 0.480 e. The van der Waals surface area contributed by atoms with Crippen molar-refractivity contribution in [3.63, 3.8) is 0 Å². The summed E-state index contributed by atoms with van der Waals surface area (Å²) < 4.78 is 2.45. The molecule has 0 amide bonds. The van der Waals surface area contributed by atoms with Crippen molar-refractivity contribution in [2.45, 2.75) is 12.5 Å². The first kappa shape index (κ1) is 19.5. The van der Waals surface area contributed by atoms with Gasteiger partial charge in [-0.25, -0.2) is 4.79 Å². The molecule has 0 spiro atoms. The molecule has 0 bridgehead atoms. The SMILES string of the molecule is O=C(O)C1CC(c2ccc(Br)cc2)=NN1/C=c1\sc2nc(-c3ccncc3)nn2c1=O. The Hall–Kier alpha value is -3.44. The van der Waals surface area contributed by atoms with Crippen LogP contribution in [0.3, 0.4) is 0 Å². The van der Waals surface area contributed by atoms with Gasteiger partial charge >= 0.3 is 5.97 Å². The minimum atomic E-state index is -1.01. The van der Waals surface area contributed by atoms with Gasteiger partial charge < -0.3 is 5.11 Å². The van der Waals surface area contributed by atoms with Crippen LogP contribution in [0.15, 0.2) is 63.2 Å².